The Morgan fingerprint density at radius 2 is 2.33 bits per heavy atom. The maximum atomic E-state index is 11.2. The minimum atomic E-state index is -0.0819. The zero-order chi connectivity index (χ0) is 8.29. The highest BCUT2D eigenvalue weighted by atomic mass is 16.6. The fourth-order valence-corrected chi connectivity index (χ4v) is 3.02. The van der Waals surface area contributed by atoms with E-state index in [1.807, 2.05) is 4.90 Å². The number of carbonyl (C=O) groups is 1. The van der Waals surface area contributed by atoms with Crippen molar-refractivity contribution in [1.82, 2.24) is 4.90 Å². The van der Waals surface area contributed by atoms with Gasteiger partial charge in [0, 0.05) is 6.54 Å². The third kappa shape index (κ3) is 0.609. The summed E-state index contributed by atoms with van der Waals surface area (Å²) in [5.74, 6) is 2.36. The number of fused-ring (bicyclic) bond motifs is 3. The van der Waals surface area contributed by atoms with Crippen LogP contribution in [0.5, 0.6) is 0 Å². The van der Waals surface area contributed by atoms with Crippen LogP contribution in [0.2, 0.25) is 0 Å². The van der Waals surface area contributed by atoms with E-state index in [2.05, 4.69) is 6.92 Å². The minimum absolute atomic E-state index is 0.0819. The number of carbonyl (C=O) groups excluding carboxylic acids is 1. The Bertz CT molecular complexity index is 241. The molecule has 2 heterocycles. The van der Waals surface area contributed by atoms with Gasteiger partial charge in [0.1, 0.15) is 6.61 Å². The number of hydrogen-bond acceptors (Lipinski definition) is 2. The Labute approximate surface area is 71.7 Å². The Hall–Kier alpha value is -0.730. The molecule has 3 rings (SSSR count). The van der Waals surface area contributed by atoms with E-state index < -0.39 is 0 Å². The van der Waals surface area contributed by atoms with E-state index in [4.69, 9.17) is 4.74 Å². The van der Waals surface area contributed by atoms with Gasteiger partial charge >= 0.3 is 6.09 Å². The van der Waals surface area contributed by atoms with E-state index in [1.165, 1.54) is 6.42 Å². The number of rotatable bonds is 0. The van der Waals surface area contributed by atoms with Crippen molar-refractivity contribution in [2.75, 3.05) is 13.2 Å². The first-order valence-corrected chi connectivity index (χ1v) is 4.71. The average Bonchev–Trinajstić information content (AvgIpc) is 2.51. The second kappa shape index (κ2) is 1.95. The normalized spacial score (nSPS) is 49.8. The first-order chi connectivity index (χ1) is 5.77. The van der Waals surface area contributed by atoms with Crippen molar-refractivity contribution in [2.24, 2.45) is 17.8 Å². The van der Waals surface area contributed by atoms with Crippen molar-refractivity contribution in [3.05, 3.63) is 0 Å². The van der Waals surface area contributed by atoms with Gasteiger partial charge in [-0.25, -0.2) is 4.79 Å². The molecule has 2 aliphatic heterocycles. The van der Waals surface area contributed by atoms with E-state index in [0.29, 0.717) is 12.6 Å². The third-order valence-corrected chi connectivity index (χ3v) is 3.84. The van der Waals surface area contributed by atoms with Crippen LogP contribution in [0, 0.1) is 17.8 Å². The summed E-state index contributed by atoms with van der Waals surface area (Å²) in [5.41, 5.74) is 0. The standard InChI is InChI=1S/C9H13NO2/c1-5-2-6-7(5)3-10-8(6)4-12-9(10)11/h5-8H,2-4H2,1H3/t5-,6+,7-,8-/m1/s1. The lowest BCUT2D eigenvalue weighted by molar-refractivity contribution is 0.0955. The maximum absolute atomic E-state index is 11.2. The average molecular weight is 167 g/mol. The molecule has 3 heteroatoms. The van der Waals surface area contributed by atoms with Gasteiger partial charge in [0.2, 0.25) is 0 Å². The van der Waals surface area contributed by atoms with Crippen LogP contribution in [0.1, 0.15) is 13.3 Å². The zero-order valence-corrected chi connectivity index (χ0v) is 7.19. The summed E-state index contributed by atoms with van der Waals surface area (Å²) >= 11 is 0. The van der Waals surface area contributed by atoms with Crippen LogP contribution in [0.15, 0.2) is 0 Å². The third-order valence-electron chi connectivity index (χ3n) is 3.84. The van der Waals surface area contributed by atoms with Crippen LogP contribution in [0.25, 0.3) is 0 Å². The monoisotopic (exact) mass is 167 g/mol. The highest BCUT2D eigenvalue weighted by Crippen LogP contribution is 2.50. The highest BCUT2D eigenvalue weighted by molar-refractivity contribution is 5.70. The molecule has 0 bridgehead atoms. The summed E-state index contributed by atoms with van der Waals surface area (Å²) in [6.07, 6.45) is 1.21. The Kier molecular flexibility index (Phi) is 1.10. The molecule has 1 amide bonds. The molecule has 4 atom stereocenters. The lowest BCUT2D eigenvalue weighted by Crippen LogP contribution is -2.38. The summed E-state index contributed by atoms with van der Waals surface area (Å²) in [6, 6.07) is 0.429. The van der Waals surface area contributed by atoms with Gasteiger partial charge in [-0.05, 0) is 24.2 Å². The van der Waals surface area contributed by atoms with Gasteiger partial charge in [0.25, 0.3) is 0 Å². The summed E-state index contributed by atoms with van der Waals surface area (Å²) in [5, 5.41) is 0. The Morgan fingerprint density at radius 1 is 1.50 bits per heavy atom. The van der Waals surface area contributed by atoms with Gasteiger partial charge < -0.3 is 9.64 Å². The predicted octanol–water partition coefficient (Wildman–Crippen LogP) is 1.09. The van der Waals surface area contributed by atoms with Gasteiger partial charge in [0.05, 0.1) is 6.04 Å². The van der Waals surface area contributed by atoms with Crippen LogP contribution in [0.3, 0.4) is 0 Å². The molecule has 0 aromatic carbocycles. The molecule has 0 N–H and O–H groups in total. The van der Waals surface area contributed by atoms with Crippen LogP contribution in [-0.4, -0.2) is 30.2 Å². The van der Waals surface area contributed by atoms with Crippen molar-refractivity contribution in [1.29, 1.82) is 0 Å². The molecule has 3 fully saturated rings. The molecule has 0 spiro atoms. The smallest absolute Gasteiger partial charge is 0.410 e. The molecule has 0 radical (unpaired) electrons. The molecule has 66 valence electrons. The fraction of sp³-hybridized carbons (Fsp3) is 0.889. The molecule has 12 heavy (non-hydrogen) atoms. The summed E-state index contributed by atoms with van der Waals surface area (Å²) in [4.78, 5) is 13.1. The largest absolute Gasteiger partial charge is 0.447 e. The van der Waals surface area contributed by atoms with E-state index in [1.54, 1.807) is 0 Å². The SMILES string of the molecule is C[C@@H]1C[C@H]2[C@@H]1CN1C(=O)OC[C@H]21. The molecule has 1 aliphatic carbocycles. The molecule has 3 aliphatic rings. The predicted molar refractivity (Wildman–Crippen MR) is 42.6 cm³/mol. The molecule has 3 nitrogen and oxygen atoms in total. The molecule has 0 unspecified atom stereocenters. The molecule has 2 saturated heterocycles. The van der Waals surface area contributed by atoms with E-state index in [0.717, 1.165) is 24.3 Å². The van der Waals surface area contributed by atoms with Crippen molar-refractivity contribution in [3.8, 4) is 0 Å². The van der Waals surface area contributed by atoms with Crippen LogP contribution in [0.4, 0.5) is 4.79 Å². The highest BCUT2D eigenvalue weighted by Gasteiger charge is 2.55. The lowest BCUT2D eigenvalue weighted by Gasteiger charge is -2.38. The van der Waals surface area contributed by atoms with E-state index in [9.17, 15) is 4.79 Å². The number of cyclic esters (lactones) is 1. The first-order valence-electron chi connectivity index (χ1n) is 4.71. The van der Waals surface area contributed by atoms with Crippen LogP contribution >= 0.6 is 0 Å². The Morgan fingerprint density at radius 3 is 3.08 bits per heavy atom. The summed E-state index contributed by atoms with van der Waals surface area (Å²) in [7, 11) is 0. The van der Waals surface area contributed by atoms with Crippen molar-refractivity contribution in [3.63, 3.8) is 0 Å². The topological polar surface area (TPSA) is 29.5 Å². The lowest BCUT2D eigenvalue weighted by atomic mass is 9.65. The summed E-state index contributed by atoms with van der Waals surface area (Å²) in [6.45, 7) is 3.89. The molecular weight excluding hydrogens is 154 g/mol. The quantitative estimate of drug-likeness (QED) is 0.540. The van der Waals surface area contributed by atoms with Crippen molar-refractivity contribution in [2.45, 2.75) is 19.4 Å². The second-order valence-electron chi connectivity index (χ2n) is 4.34. The van der Waals surface area contributed by atoms with Gasteiger partial charge in [-0.3, -0.25) is 0 Å². The number of amides is 1. The number of nitrogens with zero attached hydrogens (tertiary/aromatic N) is 1. The van der Waals surface area contributed by atoms with Gasteiger partial charge in [-0.1, -0.05) is 6.92 Å². The zero-order valence-electron chi connectivity index (χ0n) is 7.19. The van der Waals surface area contributed by atoms with Gasteiger partial charge in [-0.2, -0.15) is 0 Å². The number of ether oxygens (including phenoxy) is 1. The number of hydrogen-bond donors (Lipinski definition) is 0. The van der Waals surface area contributed by atoms with E-state index in [-0.39, 0.29) is 6.09 Å². The summed E-state index contributed by atoms with van der Waals surface area (Å²) < 4.78 is 4.99. The van der Waals surface area contributed by atoms with Crippen LogP contribution < -0.4 is 0 Å². The fourth-order valence-electron chi connectivity index (χ4n) is 3.02. The first kappa shape index (κ1) is 6.75. The van der Waals surface area contributed by atoms with E-state index >= 15 is 0 Å². The molecule has 1 saturated carbocycles. The van der Waals surface area contributed by atoms with Crippen molar-refractivity contribution < 1.29 is 9.53 Å². The van der Waals surface area contributed by atoms with Crippen LogP contribution in [-0.2, 0) is 4.74 Å². The molecule has 0 aromatic heterocycles. The van der Waals surface area contributed by atoms with Crippen molar-refractivity contribution >= 4 is 6.09 Å². The molecule has 0 aromatic rings. The molecular formula is C9H13NO2. The maximum Gasteiger partial charge on any atom is 0.410 e. The second-order valence-corrected chi connectivity index (χ2v) is 4.34. The van der Waals surface area contributed by atoms with Gasteiger partial charge in [0.15, 0.2) is 0 Å². The minimum Gasteiger partial charge on any atom is -0.447 e. The van der Waals surface area contributed by atoms with Gasteiger partial charge in [-0.15, -0.1) is 0 Å². The Balaban J connectivity index is 1.85.